The first kappa shape index (κ1) is 7.89. The van der Waals surface area contributed by atoms with Gasteiger partial charge in [-0.3, -0.25) is 4.39 Å². The zero-order valence-electron chi connectivity index (χ0n) is 5.58. The fourth-order valence-electron chi connectivity index (χ4n) is 0.293. The summed E-state index contributed by atoms with van der Waals surface area (Å²) in [6.45, 7) is 3.94. The van der Waals surface area contributed by atoms with E-state index >= 15 is 0 Å². The molecule has 0 aliphatic carbocycles. The van der Waals surface area contributed by atoms with Gasteiger partial charge in [0.2, 0.25) is 0 Å². The van der Waals surface area contributed by atoms with Crippen LogP contribution in [0.3, 0.4) is 0 Å². The highest BCUT2D eigenvalue weighted by Crippen LogP contribution is 2.18. The fraction of sp³-hybridized carbons (Fsp3) is 1.00. The number of hydrogen-bond acceptors (Lipinski definition) is 1. The summed E-state index contributed by atoms with van der Waals surface area (Å²) in [7, 11) is 0. The first-order valence-corrected chi connectivity index (χ1v) is 2.94. The molecule has 8 heavy (non-hydrogen) atoms. The molecule has 2 heteroatoms. The maximum Gasteiger partial charge on any atom is 0.0959 e. The Hall–Kier alpha value is -0.110. The van der Waals surface area contributed by atoms with Gasteiger partial charge in [-0.05, 0) is 6.42 Å². The fourth-order valence-corrected chi connectivity index (χ4v) is 0.293. The first-order chi connectivity index (χ1) is 3.68. The van der Waals surface area contributed by atoms with Crippen molar-refractivity contribution in [3.8, 4) is 0 Å². The maximum atomic E-state index is 12.0. The van der Waals surface area contributed by atoms with Gasteiger partial charge < -0.3 is 5.73 Å². The van der Waals surface area contributed by atoms with Crippen molar-refractivity contribution in [1.29, 1.82) is 0 Å². The maximum absolute atomic E-state index is 12.0. The molecule has 0 heterocycles. The van der Waals surface area contributed by atoms with Gasteiger partial charge in [0.1, 0.15) is 0 Å². The number of alkyl halides is 1. The minimum atomic E-state index is -0.306. The lowest BCUT2D eigenvalue weighted by atomic mass is 9.90. The molecule has 2 N–H and O–H groups in total. The predicted octanol–water partition coefficient (Wildman–Crippen LogP) is 1.33. The largest absolute Gasteiger partial charge is 0.330 e. The van der Waals surface area contributed by atoms with Crippen molar-refractivity contribution in [3.05, 3.63) is 0 Å². The van der Waals surface area contributed by atoms with Crippen LogP contribution in [-0.2, 0) is 0 Å². The average Bonchev–Trinajstić information content (AvgIpc) is 1.87. The van der Waals surface area contributed by atoms with Crippen LogP contribution in [-0.4, -0.2) is 13.2 Å². The topological polar surface area (TPSA) is 26.0 Å². The lowest BCUT2D eigenvalue weighted by Gasteiger charge is -2.20. The number of rotatable bonds is 3. The van der Waals surface area contributed by atoms with Gasteiger partial charge in [0.15, 0.2) is 0 Å². The molecule has 1 atom stereocenters. The molecule has 0 rings (SSSR count). The summed E-state index contributed by atoms with van der Waals surface area (Å²) >= 11 is 0. The molecule has 0 amide bonds. The normalized spacial score (nSPS) is 18.0. The van der Waals surface area contributed by atoms with E-state index in [4.69, 9.17) is 5.73 Å². The van der Waals surface area contributed by atoms with Gasteiger partial charge >= 0.3 is 0 Å². The van der Waals surface area contributed by atoms with Crippen LogP contribution in [0.5, 0.6) is 0 Å². The smallest absolute Gasteiger partial charge is 0.0959 e. The Bertz CT molecular complexity index is 51.3. The predicted molar refractivity (Wildman–Crippen MR) is 33.4 cm³/mol. The Morgan fingerprint density at radius 3 is 2.12 bits per heavy atom. The third-order valence-electron chi connectivity index (χ3n) is 1.67. The van der Waals surface area contributed by atoms with Crippen molar-refractivity contribution in [2.75, 3.05) is 13.2 Å². The third kappa shape index (κ3) is 1.78. The van der Waals surface area contributed by atoms with E-state index in [2.05, 4.69) is 0 Å². The van der Waals surface area contributed by atoms with Crippen LogP contribution in [0, 0.1) is 5.41 Å². The Balaban J connectivity index is 3.58. The molecule has 50 valence electrons. The Kier molecular flexibility index (Phi) is 2.98. The van der Waals surface area contributed by atoms with Gasteiger partial charge in [0.25, 0.3) is 0 Å². The average molecular weight is 119 g/mol. The molecule has 0 spiro atoms. The van der Waals surface area contributed by atoms with E-state index in [-0.39, 0.29) is 12.1 Å². The highest BCUT2D eigenvalue weighted by atomic mass is 19.1. The molecule has 0 aromatic rings. The van der Waals surface area contributed by atoms with Crippen molar-refractivity contribution in [1.82, 2.24) is 0 Å². The molecule has 0 aliphatic heterocycles. The Morgan fingerprint density at radius 1 is 1.62 bits per heavy atom. The summed E-state index contributed by atoms with van der Waals surface area (Å²) in [6, 6.07) is 0. The molecule has 0 aromatic carbocycles. The van der Waals surface area contributed by atoms with E-state index in [9.17, 15) is 4.39 Å². The highest BCUT2D eigenvalue weighted by Gasteiger charge is 2.18. The van der Waals surface area contributed by atoms with Crippen molar-refractivity contribution in [2.24, 2.45) is 11.1 Å². The van der Waals surface area contributed by atoms with Crippen molar-refractivity contribution in [3.63, 3.8) is 0 Å². The Labute approximate surface area is 50.1 Å². The molecule has 0 aromatic heterocycles. The monoisotopic (exact) mass is 119 g/mol. The van der Waals surface area contributed by atoms with E-state index < -0.39 is 0 Å². The molecule has 0 fully saturated rings. The standard InChI is InChI=1S/C6H14FN/c1-3-6(2,4-7)5-8/h3-5,8H2,1-2H3. The van der Waals surface area contributed by atoms with Crippen molar-refractivity contribution in [2.45, 2.75) is 20.3 Å². The van der Waals surface area contributed by atoms with Gasteiger partial charge in [-0.25, -0.2) is 0 Å². The van der Waals surface area contributed by atoms with Crippen LogP contribution >= 0.6 is 0 Å². The van der Waals surface area contributed by atoms with E-state index in [1.165, 1.54) is 0 Å². The van der Waals surface area contributed by atoms with Gasteiger partial charge in [-0.2, -0.15) is 0 Å². The molecular weight excluding hydrogens is 105 g/mol. The van der Waals surface area contributed by atoms with E-state index in [1.54, 1.807) is 0 Å². The third-order valence-corrected chi connectivity index (χ3v) is 1.67. The second-order valence-electron chi connectivity index (χ2n) is 2.50. The number of hydrogen-bond donors (Lipinski definition) is 1. The molecule has 0 radical (unpaired) electrons. The summed E-state index contributed by atoms with van der Waals surface area (Å²) in [5.41, 5.74) is 5.02. The van der Waals surface area contributed by atoms with Crippen molar-refractivity contribution < 1.29 is 4.39 Å². The van der Waals surface area contributed by atoms with Gasteiger partial charge in [-0.1, -0.05) is 13.8 Å². The molecule has 0 saturated heterocycles. The molecule has 1 unspecified atom stereocenters. The lowest BCUT2D eigenvalue weighted by molar-refractivity contribution is 0.232. The lowest BCUT2D eigenvalue weighted by Crippen LogP contribution is -2.28. The van der Waals surface area contributed by atoms with Crippen LogP contribution < -0.4 is 5.73 Å². The zero-order chi connectivity index (χ0) is 6.62. The summed E-state index contributed by atoms with van der Waals surface area (Å²) in [4.78, 5) is 0. The molecule has 1 nitrogen and oxygen atoms in total. The molecule has 0 saturated carbocycles. The van der Waals surface area contributed by atoms with Crippen molar-refractivity contribution >= 4 is 0 Å². The van der Waals surface area contributed by atoms with E-state index in [0.29, 0.717) is 6.54 Å². The van der Waals surface area contributed by atoms with Gasteiger partial charge in [0.05, 0.1) is 6.67 Å². The number of nitrogens with two attached hydrogens (primary N) is 1. The second-order valence-corrected chi connectivity index (χ2v) is 2.50. The second kappa shape index (κ2) is 3.02. The zero-order valence-corrected chi connectivity index (χ0v) is 5.58. The van der Waals surface area contributed by atoms with Gasteiger partial charge in [0, 0.05) is 12.0 Å². The minimum absolute atomic E-state index is 0.264. The van der Waals surface area contributed by atoms with Gasteiger partial charge in [-0.15, -0.1) is 0 Å². The first-order valence-electron chi connectivity index (χ1n) is 2.94. The minimum Gasteiger partial charge on any atom is -0.330 e. The van der Waals surface area contributed by atoms with Crippen LogP contribution in [0.1, 0.15) is 20.3 Å². The highest BCUT2D eigenvalue weighted by molar-refractivity contribution is 4.71. The van der Waals surface area contributed by atoms with Crippen LogP contribution in [0.2, 0.25) is 0 Å². The van der Waals surface area contributed by atoms with E-state index in [1.807, 2.05) is 13.8 Å². The molecular formula is C6H14FN. The SMILES string of the molecule is CCC(C)(CN)CF. The molecule has 0 bridgehead atoms. The quantitative estimate of drug-likeness (QED) is 0.596. The summed E-state index contributed by atoms with van der Waals surface area (Å²) in [5.74, 6) is 0. The van der Waals surface area contributed by atoms with Crippen LogP contribution in [0.25, 0.3) is 0 Å². The Morgan fingerprint density at radius 2 is 2.12 bits per heavy atom. The number of halogens is 1. The summed E-state index contributed by atoms with van der Waals surface area (Å²) in [5, 5.41) is 0. The summed E-state index contributed by atoms with van der Waals surface area (Å²) in [6.07, 6.45) is 0.819. The molecule has 0 aliphatic rings. The summed E-state index contributed by atoms with van der Waals surface area (Å²) < 4.78 is 12.0. The van der Waals surface area contributed by atoms with Crippen LogP contribution in [0.15, 0.2) is 0 Å². The van der Waals surface area contributed by atoms with E-state index in [0.717, 1.165) is 6.42 Å². The van der Waals surface area contributed by atoms with Crippen LogP contribution in [0.4, 0.5) is 4.39 Å².